The molecule has 1 aliphatic heterocycles. The van der Waals surface area contributed by atoms with E-state index in [9.17, 15) is 9.18 Å². The van der Waals surface area contributed by atoms with Crippen molar-refractivity contribution in [3.63, 3.8) is 0 Å². The summed E-state index contributed by atoms with van der Waals surface area (Å²) in [7, 11) is 0. The summed E-state index contributed by atoms with van der Waals surface area (Å²) in [6.07, 6.45) is 0. The van der Waals surface area contributed by atoms with Crippen LogP contribution >= 0.6 is 0 Å². The molecule has 6 heteroatoms. The van der Waals surface area contributed by atoms with Crippen LogP contribution in [0.2, 0.25) is 0 Å². The lowest BCUT2D eigenvalue weighted by Gasteiger charge is -2.31. The first-order chi connectivity index (χ1) is 11.0. The number of nitrogens with zero attached hydrogens (tertiary/aromatic N) is 2. The highest BCUT2D eigenvalue weighted by Crippen LogP contribution is 2.08. The van der Waals surface area contributed by atoms with E-state index >= 15 is 0 Å². The van der Waals surface area contributed by atoms with E-state index in [1.165, 1.54) is 12.1 Å². The van der Waals surface area contributed by atoms with E-state index < -0.39 is 0 Å². The molecule has 128 valence electrons. The molecule has 1 heterocycles. The molecule has 2 rings (SSSR count). The van der Waals surface area contributed by atoms with Gasteiger partial charge in [0.25, 0.3) is 0 Å². The minimum atomic E-state index is -0.257. The molecule has 0 spiro atoms. The van der Waals surface area contributed by atoms with Crippen molar-refractivity contribution in [1.29, 1.82) is 0 Å². The summed E-state index contributed by atoms with van der Waals surface area (Å²) in [6.45, 7) is 9.92. The van der Waals surface area contributed by atoms with Crippen LogP contribution in [0.15, 0.2) is 24.3 Å². The van der Waals surface area contributed by atoms with Crippen LogP contribution in [0.3, 0.4) is 0 Å². The summed E-state index contributed by atoms with van der Waals surface area (Å²) in [5.74, 6) is -0.257. The van der Waals surface area contributed by atoms with Crippen molar-refractivity contribution in [3.05, 3.63) is 35.6 Å². The second kappa shape index (κ2) is 8.84. The molecule has 1 fully saturated rings. The fourth-order valence-electron chi connectivity index (χ4n) is 2.60. The Morgan fingerprint density at radius 2 is 1.96 bits per heavy atom. The molecule has 23 heavy (non-hydrogen) atoms. The van der Waals surface area contributed by atoms with E-state index in [0.717, 1.165) is 38.3 Å². The minimum absolute atomic E-state index is 0.0699. The number of rotatable bonds is 6. The van der Waals surface area contributed by atoms with Crippen molar-refractivity contribution >= 4 is 6.03 Å². The van der Waals surface area contributed by atoms with Gasteiger partial charge in [0.2, 0.25) is 0 Å². The molecule has 1 aliphatic rings. The number of urea groups is 1. The van der Waals surface area contributed by atoms with Crippen molar-refractivity contribution < 1.29 is 9.18 Å². The van der Waals surface area contributed by atoms with Gasteiger partial charge in [0, 0.05) is 51.9 Å². The summed E-state index contributed by atoms with van der Waals surface area (Å²) in [5, 5.41) is 6.27. The molecule has 0 saturated carbocycles. The Balaban J connectivity index is 1.95. The number of nitrogens with one attached hydrogen (secondary N) is 2. The molecule has 0 unspecified atom stereocenters. The van der Waals surface area contributed by atoms with Gasteiger partial charge in [0.15, 0.2) is 0 Å². The number of amides is 2. The third-order valence-electron chi connectivity index (χ3n) is 3.88. The molecule has 0 aromatic heterocycles. The maximum atomic E-state index is 13.0. The third kappa shape index (κ3) is 6.15. The number of benzene rings is 1. The second-order valence-electron chi connectivity index (χ2n) is 6.24. The van der Waals surface area contributed by atoms with E-state index in [1.54, 1.807) is 17.0 Å². The summed E-state index contributed by atoms with van der Waals surface area (Å²) in [5.41, 5.74) is 0.936. The van der Waals surface area contributed by atoms with E-state index in [-0.39, 0.29) is 17.9 Å². The fourth-order valence-corrected chi connectivity index (χ4v) is 2.60. The van der Waals surface area contributed by atoms with Crippen molar-refractivity contribution in [2.24, 2.45) is 0 Å². The lowest BCUT2D eigenvalue weighted by molar-refractivity contribution is 0.171. The van der Waals surface area contributed by atoms with Crippen LogP contribution in [0.1, 0.15) is 19.4 Å². The van der Waals surface area contributed by atoms with Gasteiger partial charge in [0.05, 0.1) is 0 Å². The molecular formula is C17H27FN4O. The lowest BCUT2D eigenvalue weighted by Crippen LogP contribution is -2.49. The fraction of sp³-hybridized carbons (Fsp3) is 0.588. The zero-order chi connectivity index (χ0) is 16.7. The molecule has 1 aromatic rings. The number of hydrogen-bond acceptors (Lipinski definition) is 3. The Morgan fingerprint density at radius 3 is 2.57 bits per heavy atom. The van der Waals surface area contributed by atoms with Crippen molar-refractivity contribution in [2.75, 3.05) is 39.3 Å². The molecule has 1 aromatic carbocycles. The quantitative estimate of drug-likeness (QED) is 0.837. The largest absolute Gasteiger partial charge is 0.336 e. The maximum absolute atomic E-state index is 13.0. The number of hydrogen-bond donors (Lipinski definition) is 2. The van der Waals surface area contributed by atoms with Crippen LogP contribution in [0.25, 0.3) is 0 Å². The van der Waals surface area contributed by atoms with Crippen LogP contribution in [-0.4, -0.2) is 61.1 Å². The van der Waals surface area contributed by atoms with Gasteiger partial charge in [-0.2, -0.15) is 0 Å². The van der Waals surface area contributed by atoms with Crippen molar-refractivity contribution in [1.82, 2.24) is 20.4 Å². The summed E-state index contributed by atoms with van der Waals surface area (Å²) >= 11 is 0. The van der Waals surface area contributed by atoms with E-state index in [4.69, 9.17) is 0 Å². The first-order valence-electron chi connectivity index (χ1n) is 8.27. The number of halogens is 1. The van der Waals surface area contributed by atoms with Gasteiger partial charge in [-0.15, -0.1) is 0 Å². The number of piperazine rings is 1. The average molecular weight is 322 g/mol. The second-order valence-corrected chi connectivity index (χ2v) is 6.24. The number of carbonyl (C=O) groups is 1. The van der Waals surface area contributed by atoms with Gasteiger partial charge in [-0.25, -0.2) is 9.18 Å². The first-order valence-corrected chi connectivity index (χ1v) is 8.27. The molecule has 0 radical (unpaired) electrons. The van der Waals surface area contributed by atoms with Gasteiger partial charge < -0.3 is 15.5 Å². The zero-order valence-electron chi connectivity index (χ0n) is 14.0. The standard InChI is InChI=1S/C17H27FN4O/c1-14(2)20-17(23)22(12-11-21-9-7-19-8-10-21)13-15-3-5-16(18)6-4-15/h3-6,14,19H,7-13H2,1-2H3,(H,20,23). The van der Waals surface area contributed by atoms with E-state index in [2.05, 4.69) is 15.5 Å². The highest BCUT2D eigenvalue weighted by molar-refractivity contribution is 5.74. The molecular weight excluding hydrogens is 295 g/mol. The van der Waals surface area contributed by atoms with Gasteiger partial charge in [-0.05, 0) is 31.5 Å². The van der Waals surface area contributed by atoms with Crippen molar-refractivity contribution in [2.45, 2.75) is 26.4 Å². The minimum Gasteiger partial charge on any atom is -0.336 e. The molecule has 0 bridgehead atoms. The highest BCUT2D eigenvalue weighted by atomic mass is 19.1. The predicted octanol–water partition coefficient (Wildman–Crippen LogP) is 1.65. The van der Waals surface area contributed by atoms with Crippen LogP contribution < -0.4 is 10.6 Å². The van der Waals surface area contributed by atoms with Gasteiger partial charge >= 0.3 is 6.03 Å². The Morgan fingerprint density at radius 1 is 1.30 bits per heavy atom. The summed E-state index contributed by atoms with van der Waals surface area (Å²) in [4.78, 5) is 16.6. The summed E-state index contributed by atoms with van der Waals surface area (Å²) in [6, 6.07) is 6.36. The highest BCUT2D eigenvalue weighted by Gasteiger charge is 2.17. The Hall–Kier alpha value is -1.66. The van der Waals surface area contributed by atoms with Gasteiger partial charge in [-0.1, -0.05) is 12.1 Å². The monoisotopic (exact) mass is 322 g/mol. The smallest absolute Gasteiger partial charge is 0.317 e. The molecule has 2 amide bonds. The van der Waals surface area contributed by atoms with Gasteiger partial charge in [0.1, 0.15) is 5.82 Å². The van der Waals surface area contributed by atoms with Crippen LogP contribution in [-0.2, 0) is 6.54 Å². The van der Waals surface area contributed by atoms with Crippen LogP contribution in [0.4, 0.5) is 9.18 Å². The predicted molar refractivity (Wildman–Crippen MR) is 89.8 cm³/mol. The molecule has 0 atom stereocenters. The summed E-state index contributed by atoms with van der Waals surface area (Å²) < 4.78 is 13.0. The first kappa shape index (κ1) is 17.7. The molecule has 0 aliphatic carbocycles. The zero-order valence-corrected chi connectivity index (χ0v) is 14.0. The van der Waals surface area contributed by atoms with E-state index in [1.807, 2.05) is 13.8 Å². The number of carbonyl (C=O) groups excluding carboxylic acids is 1. The van der Waals surface area contributed by atoms with Gasteiger partial charge in [-0.3, -0.25) is 4.90 Å². The van der Waals surface area contributed by atoms with Crippen molar-refractivity contribution in [3.8, 4) is 0 Å². The molecule has 1 saturated heterocycles. The average Bonchev–Trinajstić information content (AvgIpc) is 2.53. The Bertz CT molecular complexity index is 486. The Kier molecular flexibility index (Phi) is 6.80. The lowest BCUT2D eigenvalue weighted by atomic mass is 10.2. The normalized spacial score (nSPS) is 15.7. The maximum Gasteiger partial charge on any atom is 0.317 e. The topological polar surface area (TPSA) is 47.6 Å². The Labute approximate surface area is 137 Å². The molecule has 5 nitrogen and oxygen atoms in total. The molecule has 2 N–H and O–H groups in total. The SMILES string of the molecule is CC(C)NC(=O)N(CCN1CCNCC1)Cc1ccc(F)cc1. The van der Waals surface area contributed by atoms with E-state index in [0.29, 0.717) is 13.1 Å². The third-order valence-corrected chi connectivity index (χ3v) is 3.88. The van der Waals surface area contributed by atoms with Crippen LogP contribution in [0.5, 0.6) is 0 Å². The van der Waals surface area contributed by atoms with Crippen LogP contribution in [0, 0.1) is 5.82 Å².